The molecule has 1 aliphatic rings. The summed E-state index contributed by atoms with van der Waals surface area (Å²) in [6.07, 6.45) is 2.48. The van der Waals surface area contributed by atoms with Crippen molar-refractivity contribution in [1.82, 2.24) is 4.90 Å². The first-order valence-electron chi connectivity index (χ1n) is 6.53. The minimum atomic E-state index is 0.115. The molecule has 1 aromatic rings. The third-order valence-corrected chi connectivity index (χ3v) is 3.59. The van der Waals surface area contributed by atoms with Crippen LogP contribution in [0.1, 0.15) is 35.7 Å². The molecule has 0 unspecified atom stereocenters. The molecule has 3 nitrogen and oxygen atoms in total. The Balaban J connectivity index is 2.10. The lowest BCUT2D eigenvalue weighted by molar-refractivity contribution is 0.0706. The number of aryl methyl sites for hydroxylation is 1. The average molecular weight is 242 g/mol. The largest absolute Gasteiger partial charge is 0.339 e. The van der Waals surface area contributed by atoms with Gasteiger partial charge in [0.1, 0.15) is 0 Å². The number of likely N-dealkylation sites (tertiary alicyclic amines) is 1. The third-order valence-electron chi connectivity index (χ3n) is 3.59. The van der Waals surface area contributed by atoms with Gasteiger partial charge in [-0.2, -0.15) is 5.26 Å². The molecule has 1 saturated heterocycles. The number of nitrogens with zero attached hydrogens (tertiary/aromatic N) is 2. The summed E-state index contributed by atoms with van der Waals surface area (Å²) in [7, 11) is 0. The van der Waals surface area contributed by atoms with E-state index in [1.54, 1.807) is 0 Å². The van der Waals surface area contributed by atoms with Gasteiger partial charge in [-0.05, 0) is 30.9 Å². The van der Waals surface area contributed by atoms with Crippen LogP contribution >= 0.6 is 0 Å². The fourth-order valence-corrected chi connectivity index (χ4v) is 2.42. The molecule has 1 amide bonds. The molecule has 0 saturated carbocycles. The van der Waals surface area contributed by atoms with Crippen molar-refractivity contribution in [2.75, 3.05) is 13.1 Å². The minimum Gasteiger partial charge on any atom is -0.339 e. The summed E-state index contributed by atoms with van der Waals surface area (Å²) < 4.78 is 0. The molecule has 0 bridgehead atoms. The van der Waals surface area contributed by atoms with Crippen LogP contribution in [0.4, 0.5) is 0 Å². The predicted octanol–water partition coefficient (Wildman–Crippen LogP) is 2.62. The lowest BCUT2D eigenvalue weighted by Gasteiger charge is -2.29. The molecule has 2 rings (SSSR count). The molecule has 1 aliphatic heterocycles. The van der Waals surface area contributed by atoms with Gasteiger partial charge in [0.25, 0.3) is 5.91 Å². The van der Waals surface area contributed by atoms with Gasteiger partial charge >= 0.3 is 0 Å². The van der Waals surface area contributed by atoms with Crippen LogP contribution < -0.4 is 0 Å². The molecule has 1 aromatic carbocycles. The topological polar surface area (TPSA) is 44.1 Å². The third kappa shape index (κ3) is 2.53. The molecular weight excluding hydrogens is 224 g/mol. The molecule has 0 aromatic heterocycles. The summed E-state index contributed by atoms with van der Waals surface area (Å²) in [6.45, 7) is 3.47. The number of benzene rings is 1. The molecule has 3 heteroatoms. The highest BCUT2D eigenvalue weighted by Crippen LogP contribution is 2.19. The number of rotatable bonds is 2. The van der Waals surface area contributed by atoms with E-state index in [9.17, 15) is 4.79 Å². The van der Waals surface area contributed by atoms with Gasteiger partial charge in [-0.25, -0.2) is 0 Å². The molecule has 1 fully saturated rings. The fourth-order valence-electron chi connectivity index (χ4n) is 2.42. The second-order valence-corrected chi connectivity index (χ2v) is 4.71. The molecule has 0 spiro atoms. The minimum absolute atomic E-state index is 0.115. The molecule has 0 radical (unpaired) electrons. The van der Waals surface area contributed by atoms with Crippen molar-refractivity contribution in [3.63, 3.8) is 0 Å². The van der Waals surface area contributed by atoms with E-state index >= 15 is 0 Å². The maximum absolute atomic E-state index is 12.4. The van der Waals surface area contributed by atoms with Crippen LogP contribution in [0.25, 0.3) is 0 Å². The standard InChI is InChI=1S/C15H18N2O/c1-2-13-5-3-4-6-14(13)15(18)17-9-7-12(11-16)8-10-17/h3-6,12H,2,7-10H2,1H3. The maximum atomic E-state index is 12.4. The molecule has 1 heterocycles. The Morgan fingerprint density at radius 3 is 2.67 bits per heavy atom. The zero-order valence-electron chi connectivity index (χ0n) is 10.7. The molecular formula is C15H18N2O. The van der Waals surface area contributed by atoms with E-state index in [0.29, 0.717) is 13.1 Å². The van der Waals surface area contributed by atoms with Crippen molar-refractivity contribution in [3.05, 3.63) is 35.4 Å². The highest BCUT2D eigenvalue weighted by molar-refractivity contribution is 5.95. The van der Waals surface area contributed by atoms with E-state index in [1.807, 2.05) is 29.2 Å². The maximum Gasteiger partial charge on any atom is 0.254 e. The van der Waals surface area contributed by atoms with E-state index in [-0.39, 0.29) is 11.8 Å². The molecule has 94 valence electrons. The fraction of sp³-hybridized carbons (Fsp3) is 0.467. The van der Waals surface area contributed by atoms with Crippen molar-refractivity contribution in [2.24, 2.45) is 5.92 Å². The normalized spacial score (nSPS) is 16.3. The first kappa shape index (κ1) is 12.6. The Hall–Kier alpha value is -1.82. The monoisotopic (exact) mass is 242 g/mol. The van der Waals surface area contributed by atoms with Crippen LogP contribution in [0.2, 0.25) is 0 Å². The zero-order valence-corrected chi connectivity index (χ0v) is 10.7. The first-order valence-corrected chi connectivity index (χ1v) is 6.53. The summed E-state index contributed by atoms with van der Waals surface area (Å²) in [6, 6.07) is 10.1. The van der Waals surface area contributed by atoms with Crippen LogP contribution in [0, 0.1) is 17.2 Å². The molecule has 18 heavy (non-hydrogen) atoms. The van der Waals surface area contributed by atoms with Gasteiger partial charge in [0.15, 0.2) is 0 Å². The van der Waals surface area contributed by atoms with Crippen molar-refractivity contribution < 1.29 is 4.79 Å². The first-order chi connectivity index (χ1) is 8.76. The Morgan fingerprint density at radius 1 is 1.39 bits per heavy atom. The van der Waals surface area contributed by atoms with Crippen LogP contribution in [0.15, 0.2) is 24.3 Å². The van der Waals surface area contributed by atoms with E-state index in [2.05, 4.69) is 13.0 Å². The van der Waals surface area contributed by atoms with Gasteiger partial charge in [-0.15, -0.1) is 0 Å². The Kier molecular flexibility index (Phi) is 3.99. The van der Waals surface area contributed by atoms with Gasteiger partial charge in [-0.3, -0.25) is 4.79 Å². The van der Waals surface area contributed by atoms with Gasteiger partial charge < -0.3 is 4.90 Å². The molecule has 0 aliphatic carbocycles. The SMILES string of the molecule is CCc1ccccc1C(=O)N1CCC(C#N)CC1. The highest BCUT2D eigenvalue weighted by atomic mass is 16.2. The van der Waals surface area contributed by atoms with E-state index in [1.165, 1.54) is 0 Å². The van der Waals surface area contributed by atoms with Crippen LogP contribution in [-0.2, 0) is 6.42 Å². The average Bonchev–Trinajstić information content (AvgIpc) is 2.46. The van der Waals surface area contributed by atoms with E-state index < -0.39 is 0 Å². The number of carbonyl (C=O) groups is 1. The van der Waals surface area contributed by atoms with Crippen molar-refractivity contribution in [2.45, 2.75) is 26.2 Å². The van der Waals surface area contributed by atoms with Crippen molar-refractivity contribution in [3.8, 4) is 6.07 Å². The van der Waals surface area contributed by atoms with Crippen molar-refractivity contribution >= 4 is 5.91 Å². The lowest BCUT2D eigenvalue weighted by Crippen LogP contribution is -2.38. The van der Waals surface area contributed by atoms with E-state index in [4.69, 9.17) is 5.26 Å². The number of carbonyl (C=O) groups excluding carboxylic acids is 1. The summed E-state index contributed by atoms with van der Waals surface area (Å²) in [4.78, 5) is 14.3. The number of hydrogen-bond acceptors (Lipinski definition) is 2. The van der Waals surface area contributed by atoms with Crippen LogP contribution in [0.3, 0.4) is 0 Å². The zero-order chi connectivity index (χ0) is 13.0. The smallest absolute Gasteiger partial charge is 0.254 e. The van der Waals surface area contributed by atoms with Crippen LogP contribution in [-0.4, -0.2) is 23.9 Å². The summed E-state index contributed by atoms with van der Waals surface area (Å²) >= 11 is 0. The second kappa shape index (κ2) is 5.68. The lowest BCUT2D eigenvalue weighted by atomic mass is 9.97. The van der Waals surface area contributed by atoms with Crippen molar-refractivity contribution in [1.29, 1.82) is 5.26 Å². The molecule has 0 N–H and O–H groups in total. The van der Waals surface area contributed by atoms with Gasteiger partial charge in [-0.1, -0.05) is 25.1 Å². The molecule has 0 atom stereocenters. The van der Waals surface area contributed by atoms with Gasteiger partial charge in [0, 0.05) is 24.6 Å². The predicted molar refractivity (Wildman–Crippen MR) is 70.1 cm³/mol. The summed E-state index contributed by atoms with van der Waals surface area (Å²) in [5, 5.41) is 8.86. The number of hydrogen-bond donors (Lipinski definition) is 0. The summed E-state index contributed by atoms with van der Waals surface area (Å²) in [5.74, 6) is 0.235. The highest BCUT2D eigenvalue weighted by Gasteiger charge is 2.24. The second-order valence-electron chi connectivity index (χ2n) is 4.71. The van der Waals surface area contributed by atoms with E-state index in [0.717, 1.165) is 30.4 Å². The van der Waals surface area contributed by atoms with Gasteiger partial charge in [0.2, 0.25) is 0 Å². The summed E-state index contributed by atoms with van der Waals surface area (Å²) in [5.41, 5.74) is 1.92. The Labute approximate surface area is 108 Å². The number of nitriles is 1. The number of piperidine rings is 1. The Morgan fingerprint density at radius 2 is 2.06 bits per heavy atom. The quantitative estimate of drug-likeness (QED) is 0.800. The number of amides is 1. The van der Waals surface area contributed by atoms with Gasteiger partial charge in [0.05, 0.1) is 6.07 Å². The van der Waals surface area contributed by atoms with Crippen LogP contribution in [0.5, 0.6) is 0 Å². The Bertz CT molecular complexity index is 468.